The second-order valence-corrected chi connectivity index (χ2v) is 7.56. The molecule has 0 atom stereocenters. The maximum Gasteiger partial charge on any atom is 0.267 e. The van der Waals surface area contributed by atoms with Crippen LogP contribution >= 0.6 is 47.2 Å². The van der Waals surface area contributed by atoms with Crippen LogP contribution in [0.1, 0.15) is 5.56 Å². The number of nitrogens with zero attached hydrogens (tertiary/aromatic N) is 1. The maximum atomic E-state index is 12.5. The van der Waals surface area contributed by atoms with E-state index in [4.69, 9.17) is 35.4 Å². The van der Waals surface area contributed by atoms with Gasteiger partial charge in [-0.3, -0.25) is 9.69 Å². The van der Waals surface area contributed by atoms with Crippen LogP contribution in [0.4, 0.5) is 5.69 Å². The third-order valence-electron chi connectivity index (χ3n) is 3.29. The smallest absolute Gasteiger partial charge is 0.267 e. The molecule has 1 amide bonds. The first kappa shape index (κ1) is 17.3. The lowest BCUT2D eigenvalue weighted by atomic mass is 10.2. The Morgan fingerprint density at radius 1 is 1.12 bits per heavy atom. The fraction of sp³-hybridized carbons (Fsp3) is 0.0588. The van der Waals surface area contributed by atoms with E-state index in [1.807, 2.05) is 24.3 Å². The monoisotopic (exact) mass is 394 g/mol. The van der Waals surface area contributed by atoms with Gasteiger partial charge >= 0.3 is 0 Å². The molecule has 1 saturated heterocycles. The Morgan fingerprint density at radius 2 is 1.83 bits per heavy atom. The van der Waals surface area contributed by atoms with Gasteiger partial charge in [0.1, 0.15) is 4.32 Å². The van der Waals surface area contributed by atoms with Crippen molar-refractivity contribution in [2.24, 2.45) is 0 Å². The van der Waals surface area contributed by atoms with E-state index in [2.05, 4.69) is 5.32 Å². The van der Waals surface area contributed by atoms with Crippen LogP contribution < -0.4 is 5.32 Å². The van der Waals surface area contributed by atoms with Crippen molar-refractivity contribution in [1.29, 1.82) is 0 Å². The van der Waals surface area contributed by atoms with E-state index in [1.54, 1.807) is 30.3 Å². The highest BCUT2D eigenvalue weighted by atomic mass is 35.5. The highest BCUT2D eigenvalue weighted by Gasteiger charge is 2.31. The predicted molar refractivity (Wildman–Crippen MR) is 106 cm³/mol. The normalized spacial score (nSPS) is 16.1. The number of thioether (sulfide) groups is 1. The third-order valence-corrected chi connectivity index (χ3v) is 5.13. The van der Waals surface area contributed by atoms with Crippen molar-refractivity contribution in [3.05, 3.63) is 69.0 Å². The Labute approximate surface area is 159 Å². The van der Waals surface area contributed by atoms with Crippen molar-refractivity contribution in [2.45, 2.75) is 0 Å². The van der Waals surface area contributed by atoms with Crippen molar-refractivity contribution < 1.29 is 4.79 Å². The number of carbonyl (C=O) groups is 1. The van der Waals surface area contributed by atoms with Crippen LogP contribution in [0.25, 0.3) is 6.08 Å². The molecule has 0 radical (unpaired) electrons. The summed E-state index contributed by atoms with van der Waals surface area (Å²) in [6, 6.07) is 14.6. The van der Waals surface area contributed by atoms with Crippen LogP contribution in [0.5, 0.6) is 0 Å². The summed E-state index contributed by atoms with van der Waals surface area (Å²) in [6.07, 6.45) is 1.80. The Balaban J connectivity index is 1.72. The first-order valence-electron chi connectivity index (χ1n) is 7.03. The van der Waals surface area contributed by atoms with Crippen molar-refractivity contribution in [3.63, 3.8) is 0 Å². The van der Waals surface area contributed by atoms with Gasteiger partial charge in [-0.25, -0.2) is 0 Å². The number of hydrogen-bond acceptors (Lipinski definition) is 4. The Hall–Kier alpha value is -1.53. The summed E-state index contributed by atoms with van der Waals surface area (Å²) in [5, 5.41) is 4.41. The van der Waals surface area contributed by atoms with Gasteiger partial charge in [-0.1, -0.05) is 65.4 Å². The molecular formula is C17H12Cl2N2OS2. The molecule has 0 saturated carbocycles. The van der Waals surface area contributed by atoms with Crippen molar-refractivity contribution in [2.75, 3.05) is 12.0 Å². The summed E-state index contributed by atoms with van der Waals surface area (Å²) in [5.74, 6) is -0.125. The van der Waals surface area contributed by atoms with Crippen molar-refractivity contribution in [1.82, 2.24) is 4.90 Å². The molecule has 1 aliphatic rings. The Morgan fingerprint density at radius 3 is 2.54 bits per heavy atom. The zero-order valence-corrected chi connectivity index (χ0v) is 15.5. The number of thiocarbonyl (C=S) groups is 1. The number of anilines is 1. The molecule has 122 valence electrons. The second-order valence-electron chi connectivity index (χ2n) is 5.01. The van der Waals surface area contributed by atoms with Crippen LogP contribution in [-0.4, -0.2) is 21.8 Å². The molecule has 0 aromatic heterocycles. The molecule has 0 aliphatic carbocycles. The number of rotatable bonds is 4. The minimum absolute atomic E-state index is 0.125. The van der Waals surface area contributed by atoms with E-state index in [9.17, 15) is 4.79 Å². The molecule has 1 heterocycles. The molecule has 2 aromatic carbocycles. The average molecular weight is 395 g/mol. The van der Waals surface area contributed by atoms with Crippen LogP contribution in [0.15, 0.2) is 53.4 Å². The van der Waals surface area contributed by atoms with Gasteiger partial charge in [-0.15, -0.1) is 0 Å². The van der Waals surface area contributed by atoms with E-state index >= 15 is 0 Å². The molecule has 7 heteroatoms. The van der Waals surface area contributed by atoms with E-state index in [0.29, 0.717) is 19.3 Å². The standard InChI is InChI=1S/C17H12Cl2N2OS2/c18-12-4-1-3-11(7-12)8-15-16(22)21(17(23)24-15)10-20-14-6-2-5-13(19)9-14/h1-9,20H,10H2. The number of benzene rings is 2. The maximum absolute atomic E-state index is 12.5. The van der Waals surface area contributed by atoms with Crippen LogP contribution in [0.3, 0.4) is 0 Å². The number of halogens is 2. The lowest BCUT2D eigenvalue weighted by molar-refractivity contribution is -0.121. The summed E-state index contributed by atoms with van der Waals surface area (Å²) in [4.78, 5) is 14.6. The highest BCUT2D eigenvalue weighted by molar-refractivity contribution is 8.26. The van der Waals surface area contributed by atoms with Gasteiger partial charge in [-0.2, -0.15) is 0 Å². The van der Waals surface area contributed by atoms with Crippen LogP contribution in [0, 0.1) is 0 Å². The third kappa shape index (κ3) is 4.11. The number of hydrogen-bond donors (Lipinski definition) is 1. The molecule has 3 nitrogen and oxygen atoms in total. The van der Waals surface area contributed by atoms with E-state index < -0.39 is 0 Å². The minimum atomic E-state index is -0.125. The van der Waals surface area contributed by atoms with Crippen LogP contribution in [0.2, 0.25) is 10.0 Å². The fourth-order valence-corrected chi connectivity index (χ4v) is 3.80. The summed E-state index contributed by atoms with van der Waals surface area (Å²) in [5.41, 5.74) is 1.70. The first-order valence-corrected chi connectivity index (χ1v) is 9.01. The number of carbonyl (C=O) groups excluding carboxylic acids is 1. The zero-order valence-electron chi connectivity index (χ0n) is 12.3. The summed E-state index contributed by atoms with van der Waals surface area (Å²) < 4.78 is 0.516. The Bertz CT molecular complexity index is 839. The number of amides is 1. The van der Waals surface area contributed by atoms with E-state index in [-0.39, 0.29) is 12.6 Å². The largest absolute Gasteiger partial charge is 0.367 e. The lowest BCUT2D eigenvalue weighted by Gasteiger charge is -2.16. The molecule has 24 heavy (non-hydrogen) atoms. The van der Waals surface area contributed by atoms with E-state index in [0.717, 1.165) is 11.3 Å². The highest BCUT2D eigenvalue weighted by Crippen LogP contribution is 2.32. The minimum Gasteiger partial charge on any atom is -0.367 e. The van der Waals surface area contributed by atoms with E-state index in [1.165, 1.54) is 16.7 Å². The average Bonchev–Trinajstić information content (AvgIpc) is 2.79. The van der Waals surface area contributed by atoms with Gasteiger partial charge in [-0.05, 0) is 42.0 Å². The Kier molecular flexibility index (Phi) is 5.46. The van der Waals surface area contributed by atoms with Gasteiger partial charge in [0.25, 0.3) is 5.91 Å². The van der Waals surface area contributed by atoms with Crippen LogP contribution in [-0.2, 0) is 4.79 Å². The molecule has 2 aromatic rings. The molecule has 1 N–H and O–H groups in total. The van der Waals surface area contributed by atoms with Gasteiger partial charge in [0, 0.05) is 15.7 Å². The molecule has 1 aliphatic heterocycles. The molecule has 0 spiro atoms. The molecule has 3 rings (SSSR count). The van der Waals surface area contributed by atoms with Gasteiger partial charge < -0.3 is 5.32 Å². The van der Waals surface area contributed by atoms with Gasteiger partial charge in [0.2, 0.25) is 0 Å². The van der Waals surface area contributed by atoms with Crippen molar-refractivity contribution in [3.8, 4) is 0 Å². The SMILES string of the molecule is O=C1C(=Cc2cccc(Cl)c2)SC(=S)N1CNc1cccc(Cl)c1. The predicted octanol–water partition coefficient (Wildman–Crippen LogP) is 5.26. The van der Waals surface area contributed by atoms with Gasteiger partial charge in [0.05, 0.1) is 11.6 Å². The fourth-order valence-electron chi connectivity index (χ4n) is 2.15. The second kappa shape index (κ2) is 7.57. The summed E-state index contributed by atoms with van der Waals surface area (Å²) in [6.45, 7) is 0.290. The number of nitrogens with one attached hydrogen (secondary N) is 1. The van der Waals surface area contributed by atoms with Gasteiger partial charge in [0.15, 0.2) is 0 Å². The molecule has 0 bridgehead atoms. The summed E-state index contributed by atoms with van der Waals surface area (Å²) >= 11 is 18.5. The quantitative estimate of drug-likeness (QED) is 0.565. The topological polar surface area (TPSA) is 32.3 Å². The molecular weight excluding hydrogens is 383 g/mol. The summed E-state index contributed by atoms with van der Waals surface area (Å²) in [7, 11) is 0. The molecule has 0 unspecified atom stereocenters. The molecule has 1 fully saturated rings. The first-order chi connectivity index (χ1) is 11.5. The van der Waals surface area contributed by atoms with Crippen molar-refractivity contribution >= 4 is 69.2 Å². The lowest BCUT2D eigenvalue weighted by Crippen LogP contribution is -2.33. The zero-order chi connectivity index (χ0) is 17.1.